The fourth-order valence-electron chi connectivity index (χ4n) is 1.93. The van der Waals surface area contributed by atoms with E-state index in [0.29, 0.717) is 12.1 Å². The van der Waals surface area contributed by atoms with Crippen molar-refractivity contribution in [2.75, 3.05) is 6.54 Å². The van der Waals surface area contributed by atoms with Gasteiger partial charge in [-0.2, -0.15) is 0 Å². The predicted molar refractivity (Wildman–Crippen MR) is 67.3 cm³/mol. The average molecular weight is 247 g/mol. The van der Waals surface area contributed by atoms with E-state index in [4.69, 9.17) is 0 Å². The minimum absolute atomic E-state index is 0.0156. The first kappa shape index (κ1) is 12.1. The molecule has 1 aromatic heterocycles. The van der Waals surface area contributed by atoms with Gasteiger partial charge in [-0.3, -0.25) is 14.9 Å². The number of aromatic nitrogens is 1. The van der Waals surface area contributed by atoms with E-state index in [0.717, 1.165) is 5.39 Å². The number of hydrogen-bond donors (Lipinski definition) is 1. The standard InChI is InChI=1S/C12H13N3O3/c1-2-13-11(16)8-14-7-6-9-4-3-5-10(12(9)14)15(17)18/h3-7H,2,8H2,1H3,(H,13,16). The Morgan fingerprint density at radius 3 is 2.89 bits per heavy atom. The zero-order valence-corrected chi connectivity index (χ0v) is 9.92. The van der Waals surface area contributed by atoms with Crippen LogP contribution in [0.4, 0.5) is 5.69 Å². The Morgan fingerprint density at radius 2 is 2.22 bits per heavy atom. The number of nitrogens with one attached hydrogen (secondary N) is 1. The SMILES string of the molecule is CCNC(=O)Cn1ccc2cccc([N+](=O)[O-])c21. The zero-order valence-electron chi connectivity index (χ0n) is 9.92. The van der Waals surface area contributed by atoms with Crippen LogP contribution in [0.25, 0.3) is 10.9 Å². The lowest BCUT2D eigenvalue weighted by molar-refractivity contribution is -0.383. The van der Waals surface area contributed by atoms with Gasteiger partial charge >= 0.3 is 0 Å². The summed E-state index contributed by atoms with van der Waals surface area (Å²) in [7, 11) is 0. The number of fused-ring (bicyclic) bond motifs is 1. The molecule has 1 aromatic carbocycles. The number of carbonyl (C=O) groups is 1. The fourth-order valence-corrected chi connectivity index (χ4v) is 1.93. The molecule has 0 aliphatic carbocycles. The molecule has 0 aliphatic rings. The van der Waals surface area contributed by atoms with Crippen LogP contribution in [0, 0.1) is 10.1 Å². The van der Waals surface area contributed by atoms with Gasteiger partial charge in [-0.05, 0) is 13.0 Å². The minimum Gasteiger partial charge on any atom is -0.355 e. The maximum absolute atomic E-state index is 11.5. The molecule has 6 heteroatoms. The van der Waals surface area contributed by atoms with Crippen molar-refractivity contribution in [3.05, 3.63) is 40.6 Å². The lowest BCUT2D eigenvalue weighted by Crippen LogP contribution is -2.26. The third-order valence-corrected chi connectivity index (χ3v) is 2.65. The first-order chi connectivity index (χ1) is 8.63. The van der Waals surface area contributed by atoms with Crippen molar-refractivity contribution in [1.82, 2.24) is 9.88 Å². The van der Waals surface area contributed by atoms with Crippen LogP contribution in [0.5, 0.6) is 0 Å². The first-order valence-electron chi connectivity index (χ1n) is 5.62. The first-order valence-corrected chi connectivity index (χ1v) is 5.62. The number of non-ortho nitro benzene ring substituents is 1. The van der Waals surface area contributed by atoms with E-state index < -0.39 is 4.92 Å². The normalized spacial score (nSPS) is 10.5. The van der Waals surface area contributed by atoms with Crippen LogP contribution in [0.1, 0.15) is 6.92 Å². The maximum atomic E-state index is 11.5. The summed E-state index contributed by atoms with van der Waals surface area (Å²) >= 11 is 0. The second-order valence-electron chi connectivity index (χ2n) is 3.87. The van der Waals surface area contributed by atoms with Crippen molar-refractivity contribution in [2.24, 2.45) is 0 Å². The Hall–Kier alpha value is -2.37. The summed E-state index contributed by atoms with van der Waals surface area (Å²) in [5.74, 6) is -0.159. The number of hydrogen-bond acceptors (Lipinski definition) is 3. The number of rotatable bonds is 4. The number of likely N-dealkylation sites (N-methyl/N-ethyl adjacent to an activating group) is 1. The fraction of sp³-hybridized carbons (Fsp3) is 0.250. The van der Waals surface area contributed by atoms with E-state index >= 15 is 0 Å². The highest BCUT2D eigenvalue weighted by Crippen LogP contribution is 2.26. The van der Waals surface area contributed by atoms with Gasteiger partial charge in [-0.25, -0.2) is 0 Å². The zero-order chi connectivity index (χ0) is 13.1. The van der Waals surface area contributed by atoms with Gasteiger partial charge in [0.05, 0.1) is 4.92 Å². The Bertz CT molecular complexity index is 604. The molecular formula is C12H13N3O3. The van der Waals surface area contributed by atoms with Crippen molar-refractivity contribution in [2.45, 2.75) is 13.5 Å². The molecule has 0 bridgehead atoms. The molecule has 0 radical (unpaired) electrons. The molecule has 0 spiro atoms. The smallest absolute Gasteiger partial charge is 0.293 e. The summed E-state index contributed by atoms with van der Waals surface area (Å²) < 4.78 is 1.60. The van der Waals surface area contributed by atoms with Crippen molar-refractivity contribution in [1.29, 1.82) is 0 Å². The molecule has 0 aliphatic heterocycles. The molecule has 1 amide bonds. The van der Waals surface area contributed by atoms with Gasteiger partial charge in [0.25, 0.3) is 5.69 Å². The van der Waals surface area contributed by atoms with E-state index in [1.165, 1.54) is 6.07 Å². The average Bonchev–Trinajstić information content (AvgIpc) is 2.72. The largest absolute Gasteiger partial charge is 0.355 e. The molecule has 2 aromatic rings. The predicted octanol–water partition coefficient (Wildman–Crippen LogP) is 1.69. The Morgan fingerprint density at radius 1 is 1.44 bits per heavy atom. The van der Waals surface area contributed by atoms with Gasteiger partial charge in [0.2, 0.25) is 5.91 Å². The number of nitro groups is 1. The summed E-state index contributed by atoms with van der Waals surface area (Å²) in [6, 6.07) is 6.63. The van der Waals surface area contributed by atoms with Gasteiger partial charge in [0.1, 0.15) is 12.1 Å². The van der Waals surface area contributed by atoms with Crippen LogP contribution in [0.2, 0.25) is 0 Å². The minimum atomic E-state index is -0.434. The molecule has 2 rings (SSSR count). The van der Waals surface area contributed by atoms with Gasteiger partial charge in [-0.15, -0.1) is 0 Å². The second-order valence-corrected chi connectivity index (χ2v) is 3.87. The number of para-hydroxylation sites is 1. The van der Waals surface area contributed by atoms with Crippen molar-refractivity contribution in [3.63, 3.8) is 0 Å². The van der Waals surface area contributed by atoms with E-state index in [-0.39, 0.29) is 18.1 Å². The van der Waals surface area contributed by atoms with Crippen molar-refractivity contribution < 1.29 is 9.72 Å². The van der Waals surface area contributed by atoms with Crippen LogP contribution in [0.3, 0.4) is 0 Å². The number of benzene rings is 1. The van der Waals surface area contributed by atoms with E-state index in [1.54, 1.807) is 29.0 Å². The van der Waals surface area contributed by atoms with Gasteiger partial charge in [0, 0.05) is 24.2 Å². The second kappa shape index (κ2) is 4.87. The number of carbonyl (C=O) groups excluding carboxylic acids is 1. The van der Waals surface area contributed by atoms with Gasteiger partial charge in [0.15, 0.2) is 0 Å². The molecule has 1 N–H and O–H groups in total. The van der Waals surface area contributed by atoms with E-state index in [9.17, 15) is 14.9 Å². The maximum Gasteiger partial charge on any atom is 0.293 e. The molecule has 0 saturated carbocycles. The molecule has 18 heavy (non-hydrogen) atoms. The lowest BCUT2D eigenvalue weighted by Gasteiger charge is -2.05. The molecule has 1 heterocycles. The van der Waals surface area contributed by atoms with Crippen LogP contribution >= 0.6 is 0 Å². The molecular weight excluding hydrogens is 234 g/mol. The Kier molecular flexibility index (Phi) is 3.27. The molecule has 6 nitrogen and oxygen atoms in total. The molecule has 0 unspecified atom stereocenters. The van der Waals surface area contributed by atoms with E-state index in [2.05, 4.69) is 5.32 Å². The molecule has 0 fully saturated rings. The van der Waals surface area contributed by atoms with E-state index in [1.807, 2.05) is 6.92 Å². The van der Waals surface area contributed by atoms with Crippen LogP contribution in [0.15, 0.2) is 30.5 Å². The summed E-state index contributed by atoms with van der Waals surface area (Å²) in [5.41, 5.74) is 0.496. The number of nitro benzene ring substituents is 1. The highest BCUT2D eigenvalue weighted by atomic mass is 16.6. The summed E-state index contributed by atoms with van der Waals surface area (Å²) in [5, 5.41) is 14.4. The van der Waals surface area contributed by atoms with Gasteiger partial charge < -0.3 is 9.88 Å². The van der Waals surface area contributed by atoms with Crippen molar-refractivity contribution >= 4 is 22.5 Å². The topological polar surface area (TPSA) is 77.2 Å². The monoisotopic (exact) mass is 247 g/mol. The molecule has 0 atom stereocenters. The highest BCUT2D eigenvalue weighted by Gasteiger charge is 2.16. The quantitative estimate of drug-likeness (QED) is 0.659. The molecule has 0 saturated heterocycles. The molecule has 94 valence electrons. The number of nitrogens with zero attached hydrogens (tertiary/aromatic N) is 2. The Labute approximate surface area is 103 Å². The third kappa shape index (κ3) is 2.17. The summed E-state index contributed by atoms with van der Waals surface area (Å²) in [4.78, 5) is 22.1. The summed E-state index contributed by atoms with van der Waals surface area (Å²) in [6.45, 7) is 2.45. The lowest BCUT2D eigenvalue weighted by atomic mass is 10.2. The van der Waals surface area contributed by atoms with Crippen molar-refractivity contribution in [3.8, 4) is 0 Å². The summed E-state index contributed by atoms with van der Waals surface area (Å²) in [6.07, 6.45) is 1.69. The van der Waals surface area contributed by atoms with Gasteiger partial charge in [-0.1, -0.05) is 12.1 Å². The Balaban J connectivity index is 2.45. The third-order valence-electron chi connectivity index (χ3n) is 2.65. The van der Waals surface area contributed by atoms with Crippen LogP contribution in [-0.4, -0.2) is 21.9 Å². The van der Waals surface area contributed by atoms with Crippen LogP contribution in [-0.2, 0) is 11.3 Å². The highest BCUT2D eigenvalue weighted by molar-refractivity contribution is 5.90. The number of amides is 1. The van der Waals surface area contributed by atoms with Crippen LogP contribution < -0.4 is 5.32 Å².